The maximum Gasteiger partial charge on any atom is 0.330 e. The Balaban J connectivity index is 2.83. The number of rotatable bonds is 9. The van der Waals surface area contributed by atoms with Gasteiger partial charge in [-0.15, -0.1) is 0 Å². The van der Waals surface area contributed by atoms with E-state index < -0.39 is 0 Å². The van der Waals surface area contributed by atoms with Crippen molar-refractivity contribution in [1.29, 1.82) is 0 Å². The van der Waals surface area contributed by atoms with Gasteiger partial charge in [-0.2, -0.15) is 0 Å². The number of benzene rings is 2. The fourth-order valence-electron chi connectivity index (χ4n) is 3.28. The number of carbonyl (C=O) groups is 1. The molecule has 2 aromatic carbocycles. The van der Waals surface area contributed by atoms with E-state index in [4.69, 9.17) is 18.9 Å². The molecular weight excluding hydrogens is 344 g/mol. The number of ether oxygens (including phenoxy) is 4. The number of fused-ring (bicyclic) bond motifs is 1. The molecule has 0 spiro atoms. The van der Waals surface area contributed by atoms with Crippen LogP contribution in [0.5, 0.6) is 11.5 Å². The van der Waals surface area contributed by atoms with Gasteiger partial charge in [-0.05, 0) is 42.4 Å². The Morgan fingerprint density at radius 2 is 1.85 bits per heavy atom. The fourth-order valence-corrected chi connectivity index (χ4v) is 3.28. The summed E-state index contributed by atoms with van der Waals surface area (Å²) in [5.41, 5.74) is 3.06. The number of aryl methyl sites for hydroxylation is 1. The van der Waals surface area contributed by atoms with E-state index in [-0.39, 0.29) is 12.8 Å². The van der Waals surface area contributed by atoms with Gasteiger partial charge in [-0.3, -0.25) is 0 Å². The van der Waals surface area contributed by atoms with E-state index in [0.717, 1.165) is 40.3 Å². The Morgan fingerprint density at radius 3 is 2.44 bits per heavy atom. The molecule has 0 saturated carbocycles. The molecule has 0 amide bonds. The van der Waals surface area contributed by atoms with Gasteiger partial charge in [0.25, 0.3) is 0 Å². The van der Waals surface area contributed by atoms with Crippen LogP contribution in [0.1, 0.15) is 37.5 Å². The summed E-state index contributed by atoms with van der Waals surface area (Å²) in [5, 5.41) is 1.99. The number of hydrogen-bond donors (Lipinski definition) is 0. The van der Waals surface area contributed by atoms with E-state index in [1.54, 1.807) is 27.2 Å². The van der Waals surface area contributed by atoms with Crippen LogP contribution in [0.2, 0.25) is 0 Å². The standard InChI is InChI=1S/C22H28O5/c1-6-15-10-9-11-18-17(12-13-19(23)26-8-3)16(7-2)21(25-5)22(20(15)18)27-14-24-4/h9-13H,6-8,14H2,1-5H3/b13-12+. The van der Waals surface area contributed by atoms with E-state index in [2.05, 4.69) is 19.9 Å². The number of carbonyl (C=O) groups excluding carboxylic acids is 1. The molecule has 0 N–H and O–H groups in total. The van der Waals surface area contributed by atoms with Crippen LogP contribution < -0.4 is 9.47 Å². The molecule has 0 heterocycles. The van der Waals surface area contributed by atoms with Crippen molar-refractivity contribution in [2.45, 2.75) is 33.6 Å². The first kappa shape index (κ1) is 20.8. The van der Waals surface area contributed by atoms with Crippen LogP contribution >= 0.6 is 0 Å². The van der Waals surface area contributed by atoms with Crippen LogP contribution in [-0.2, 0) is 27.1 Å². The molecule has 0 fully saturated rings. The van der Waals surface area contributed by atoms with Crippen LogP contribution in [-0.4, -0.2) is 33.6 Å². The Kier molecular flexibility index (Phi) is 7.67. The second-order valence-electron chi connectivity index (χ2n) is 5.94. The van der Waals surface area contributed by atoms with E-state index in [9.17, 15) is 4.79 Å². The van der Waals surface area contributed by atoms with Gasteiger partial charge in [0.2, 0.25) is 0 Å². The summed E-state index contributed by atoms with van der Waals surface area (Å²) in [4.78, 5) is 11.9. The van der Waals surface area contributed by atoms with E-state index in [0.29, 0.717) is 18.1 Å². The van der Waals surface area contributed by atoms with Gasteiger partial charge in [0.05, 0.1) is 13.7 Å². The van der Waals surface area contributed by atoms with Gasteiger partial charge in [0.15, 0.2) is 18.3 Å². The van der Waals surface area contributed by atoms with Gasteiger partial charge in [0.1, 0.15) is 0 Å². The van der Waals surface area contributed by atoms with Crippen molar-refractivity contribution in [2.75, 3.05) is 27.6 Å². The van der Waals surface area contributed by atoms with Crippen molar-refractivity contribution in [1.82, 2.24) is 0 Å². The molecular formula is C22H28O5. The molecule has 0 aliphatic heterocycles. The van der Waals surface area contributed by atoms with Crippen molar-refractivity contribution in [3.05, 3.63) is 41.0 Å². The van der Waals surface area contributed by atoms with Crippen LogP contribution in [0, 0.1) is 0 Å². The molecule has 0 atom stereocenters. The van der Waals surface area contributed by atoms with E-state index >= 15 is 0 Å². The first-order valence-corrected chi connectivity index (χ1v) is 9.23. The molecule has 2 rings (SSSR count). The number of methoxy groups -OCH3 is 2. The molecule has 0 saturated heterocycles. The summed E-state index contributed by atoms with van der Waals surface area (Å²) in [6.07, 6.45) is 4.84. The SMILES string of the molecule is CCOC(=O)/C=C/c1c(CC)c(OC)c(OCOC)c2c(CC)cccc12. The molecule has 5 heteroatoms. The maximum atomic E-state index is 11.9. The third kappa shape index (κ3) is 4.42. The van der Waals surface area contributed by atoms with Crippen molar-refractivity contribution in [3.63, 3.8) is 0 Å². The minimum Gasteiger partial charge on any atom is -0.493 e. The lowest BCUT2D eigenvalue weighted by atomic mass is 9.91. The normalized spacial score (nSPS) is 11.1. The van der Waals surface area contributed by atoms with Crippen LogP contribution in [0.25, 0.3) is 16.8 Å². The molecule has 0 unspecified atom stereocenters. The minimum absolute atomic E-state index is 0.130. The predicted octanol–water partition coefficient (Wildman–Crippen LogP) is 4.53. The fraction of sp³-hybridized carbons (Fsp3) is 0.409. The number of hydrogen-bond acceptors (Lipinski definition) is 5. The molecule has 27 heavy (non-hydrogen) atoms. The molecule has 0 radical (unpaired) electrons. The molecule has 0 aromatic heterocycles. The van der Waals surface area contributed by atoms with Crippen LogP contribution in [0.15, 0.2) is 24.3 Å². The third-order valence-electron chi connectivity index (χ3n) is 4.41. The average molecular weight is 372 g/mol. The summed E-state index contributed by atoms with van der Waals surface area (Å²) in [6.45, 7) is 6.41. The minimum atomic E-state index is -0.363. The van der Waals surface area contributed by atoms with Gasteiger partial charge >= 0.3 is 5.97 Å². The van der Waals surface area contributed by atoms with Crippen molar-refractivity contribution < 1.29 is 23.7 Å². The smallest absolute Gasteiger partial charge is 0.330 e. The Hall–Kier alpha value is -2.53. The molecule has 0 aliphatic rings. The first-order chi connectivity index (χ1) is 13.1. The lowest BCUT2D eigenvalue weighted by molar-refractivity contribution is -0.137. The second-order valence-corrected chi connectivity index (χ2v) is 5.94. The van der Waals surface area contributed by atoms with Crippen molar-refractivity contribution >= 4 is 22.8 Å². The van der Waals surface area contributed by atoms with Gasteiger partial charge in [0, 0.05) is 24.1 Å². The highest BCUT2D eigenvalue weighted by Crippen LogP contribution is 2.44. The highest BCUT2D eigenvalue weighted by atomic mass is 16.7. The Labute approximate surface area is 160 Å². The van der Waals surface area contributed by atoms with E-state index in [1.807, 2.05) is 12.1 Å². The average Bonchev–Trinajstić information content (AvgIpc) is 2.69. The maximum absolute atomic E-state index is 11.9. The molecule has 146 valence electrons. The highest BCUT2D eigenvalue weighted by molar-refractivity contribution is 6.02. The Morgan fingerprint density at radius 1 is 1.07 bits per heavy atom. The quantitative estimate of drug-likeness (QED) is 0.368. The van der Waals surface area contributed by atoms with E-state index in [1.165, 1.54) is 6.08 Å². The zero-order chi connectivity index (χ0) is 19.8. The van der Waals surface area contributed by atoms with Crippen molar-refractivity contribution in [2.24, 2.45) is 0 Å². The monoisotopic (exact) mass is 372 g/mol. The summed E-state index contributed by atoms with van der Waals surface area (Å²) in [5.74, 6) is 0.987. The molecule has 0 aliphatic carbocycles. The number of esters is 1. The third-order valence-corrected chi connectivity index (χ3v) is 4.41. The second kappa shape index (κ2) is 9.97. The molecule has 2 aromatic rings. The summed E-state index contributed by atoms with van der Waals surface area (Å²) in [7, 11) is 3.22. The summed E-state index contributed by atoms with van der Waals surface area (Å²) >= 11 is 0. The predicted molar refractivity (Wildman–Crippen MR) is 107 cm³/mol. The first-order valence-electron chi connectivity index (χ1n) is 9.23. The molecule has 5 nitrogen and oxygen atoms in total. The van der Waals surface area contributed by atoms with Gasteiger partial charge in [-0.1, -0.05) is 32.0 Å². The lowest BCUT2D eigenvalue weighted by Crippen LogP contribution is -2.06. The van der Waals surface area contributed by atoms with Gasteiger partial charge < -0.3 is 18.9 Å². The van der Waals surface area contributed by atoms with Crippen molar-refractivity contribution in [3.8, 4) is 11.5 Å². The largest absolute Gasteiger partial charge is 0.493 e. The Bertz CT molecular complexity index is 823. The van der Waals surface area contributed by atoms with Crippen LogP contribution in [0.4, 0.5) is 0 Å². The highest BCUT2D eigenvalue weighted by Gasteiger charge is 2.21. The van der Waals surface area contributed by atoms with Gasteiger partial charge in [-0.25, -0.2) is 4.79 Å². The summed E-state index contributed by atoms with van der Waals surface area (Å²) < 4.78 is 21.8. The lowest BCUT2D eigenvalue weighted by Gasteiger charge is -2.21. The zero-order valence-electron chi connectivity index (χ0n) is 16.8. The molecule has 0 bridgehead atoms. The summed E-state index contributed by atoms with van der Waals surface area (Å²) in [6, 6.07) is 6.14. The van der Waals surface area contributed by atoms with Crippen LogP contribution in [0.3, 0.4) is 0 Å². The zero-order valence-corrected chi connectivity index (χ0v) is 16.8. The topological polar surface area (TPSA) is 54.0 Å².